The Morgan fingerprint density at radius 3 is 1.82 bits per heavy atom. The van der Waals surface area contributed by atoms with E-state index in [4.69, 9.17) is 32.8 Å². The molecule has 0 saturated carbocycles. The molecule has 6 rings (SSSR count). The molecule has 3 aliphatic heterocycles. The molecule has 3 saturated heterocycles. The molecule has 6 unspecified atom stereocenters. The largest absolute Gasteiger partial charge is 0.507 e. The normalized spacial score (nSPS) is 36.6. The summed E-state index contributed by atoms with van der Waals surface area (Å²) in [6.07, 6.45) is -28.6. The third-order valence-corrected chi connectivity index (χ3v) is 9.17. The number of phenols is 1. The predicted octanol–water partition coefficient (Wildman–Crippen LogP) is -4.47. The van der Waals surface area contributed by atoms with Crippen molar-refractivity contribution in [1.29, 1.82) is 0 Å². The molecule has 0 spiro atoms. The first-order valence-corrected chi connectivity index (χ1v) is 16.4. The number of fused-ring (bicyclic) bond motifs is 1. The van der Waals surface area contributed by atoms with Gasteiger partial charge in [-0.05, 0) is 24.3 Å². The zero-order valence-electron chi connectivity index (χ0n) is 27.9. The molecule has 0 amide bonds. The summed E-state index contributed by atoms with van der Waals surface area (Å²) in [4.78, 5) is 36.4. The average Bonchev–Trinajstić information content (AvgIpc) is 3.14. The Hall–Kier alpha value is -4.53. The van der Waals surface area contributed by atoms with Crippen molar-refractivity contribution in [3.8, 4) is 28.6 Å². The molecule has 2 aromatic carbocycles. The fourth-order valence-corrected chi connectivity index (χ4v) is 6.18. The summed E-state index contributed by atoms with van der Waals surface area (Å²) in [6, 6.07) is 8.42. The number of hydrogen-bond donors (Lipinski definition) is 12. The number of aromatic hydroxyl groups is 1. The standard InChI is InChI=1S/C33H36O22/c34-8-16-18(37)19(38)24(43)32(52-16)55-28-23(42)22(41)27(30(47)48)54-33(28)50-11-5-12(35)17-13(36)7-14(51-15(17)6-11)9-1-3-10(4-2-9)49-31-25(44)20(39)21(40)26(53-31)29(45)46/h1-7,16,18-28,31-35,37-44H,8H2,(H,45,46)(H,47,48)/t16?,18-,19+,20+,21+,22+,23+,24?,25?,26?,27?,28?,31-,32+,33-/m1/s1. The van der Waals surface area contributed by atoms with Crippen LogP contribution in [0, 0.1) is 0 Å². The fraction of sp³-hybridized carbons (Fsp3) is 0.485. The maximum atomic E-state index is 13.1. The summed E-state index contributed by atoms with van der Waals surface area (Å²) in [5.41, 5.74) is -0.790. The van der Waals surface area contributed by atoms with Gasteiger partial charge in [-0.1, -0.05) is 0 Å². The quantitative estimate of drug-likeness (QED) is 0.0922. The Morgan fingerprint density at radius 2 is 1.20 bits per heavy atom. The minimum absolute atomic E-state index is 0.00284. The van der Waals surface area contributed by atoms with E-state index < -0.39 is 122 Å². The van der Waals surface area contributed by atoms with Gasteiger partial charge in [-0.3, -0.25) is 4.79 Å². The first kappa shape index (κ1) is 40.1. The van der Waals surface area contributed by atoms with E-state index in [1.165, 1.54) is 24.3 Å². The molecule has 300 valence electrons. The van der Waals surface area contributed by atoms with Crippen molar-refractivity contribution in [2.45, 2.75) is 92.1 Å². The van der Waals surface area contributed by atoms with E-state index in [1.807, 2.05) is 0 Å². The van der Waals surface area contributed by atoms with Gasteiger partial charge in [-0.2, -0.15) is 0 Å². The topological polar surface area (TPSA) is 362 Å². The monoisotopic (exact) mass is 784 g/mol. The van der Waals surface area contributed by atoms with Crippen molar-refractivity contribution in [1.82, 2.24) is 0 Å². The van der Waals surface area contributed by atoms with E-state index in [0.717, 1.165) is 18.2 Å². The second-order valence-corrected chi connectivity index (χ2v) is 12.8. The maximum Gasteiger partial charge on any atom is 0.335 e. The highest BCUT2D eigenvalue weighted by atomic mass is 16.8. The Balaban J connectivity index is 1.26. The lowest BCUT2D eigenvalue weighted by Gasteiger charge is -2.45. The van der Waals surface area contributed by atoms with Gasteiger partial charge in [-0.25, -0.2) is 9.59 Å². The number of carboxylic acids is 2. The lowest BCUT2D eigenvalue weighted by atomic mass is 9.97. The van der Waals surface area contributed by atoms with Gasteiger partial charge < -0.3 is 94.1 Å². The van der Waals surface area contributed by atoms with E-state index in [1.54, 1.807) is 0 Å². The summed E-state index contributed by atoms with van der Waals surface area (Å²) in [5.74, 6) is -4.48. The summed E-state index contributed by atoms with van der Waals surface area (Å²) in [5, 5.41) is 121. The molecule has 22 nitrogen and oxygen atoms in total. The van der Waals surface area contributed by atoms with Crippen molar-refractivity contribution in [2.75, 3.05) is 6.61 Å². The van der Waals surface area contributed by atoms with E-state index >= 15 is 0 Å². The number of carboxylic acid groups (broad SMARTS) is 2. The number of benzene rings is 2. The Morgan fingerprint density at radius 1 is 0.636 bits per heavy atom. The van der Waals surface area contributed by atoms with Crippen LogP contribution in [0.2, 0.25) is 0 Å². The van der Waals surface area contributed by atoms with Crippen LogP contribution in [-0.4, -0.2) is 172 Å². The number of aliphatic hydroxyl groups excluding tert-OH is 9. The Labute approximate surface area is 306 Å². The van der Waals surface area contributed by atoms with Crippen LogP contribution in [0.4, 0.5) is 0 Å². The lowest BCUT2D eigenvalue weighted by molar-refractivity contribution is -0.354. The molecule has 3 aliphatic rings. The number of phenolic OH excluding ortho intramolecular Hbond substituents is 1. The average molecular weight is 785 g/mol. The molecule has 12 N–H and O–H groups in total. The third kappa shape index (κ3) is 7.81. The smallest absolute Gasteiger partial charge is 0.335 e. The number of carbonyl (C=O) groups is 2. The van der Waals surface area contributed by atoms with Crippen molar-refractivity contribution in [2.24, 2.45) is 0 Å². The van der Waals surface area contributed by atoms with E-state index in [9.17, 15) is 75.7 Å². The molecule has 0 bridgehead atoms. The van der Waals surface area contributed by atoms with Gasteiger partial charge >= 0.3 is 11.9 Å². The van der Waals surface area contributed by atoms with Crippen molar-refractivity contribution in [3.05, 3.63) is 52.7 Å². The van der Waals surface area contributed by atoms with Crippen LogP contribution in [0.15, 0.2) is 51.7 Å². The minimum Gasteiger partial charge on any atom is -0.507 e. The number of aliphatic carboxylic acids is 2. The minimum atomic E-state index is -2.14. The third-order valence-electron chi connectivity index (χ3n) is 9.17. The Bertz CT molecular complexity index is 1920. The van der Waals surface area contributed by atoms with Crippen LogP contribution in [0.3, 0.4) is 0 Å². The summed E-state index contributed by atoms with van der Waals surface area (Å²) in [7, 11) is 0. The predicted molar refractivity (Wildman–Crippen MR) is 172 cm³/mol. The van der Waals surface area contributed by atoms with Crippen LogP contribution >= 0.6 is 0 Å². The molecule has 3 aromatic rings. The van der Waals surface area contributed by atoms with Crippen molar-refractivity contribution < 1.29 is 104 Å². The fourth-order valence-electron chi connectivity index (χ4n) is 6.18. The number of aliphatic hydroxyl groups is 9. The van der Waals surface area contributed by atoms with Crippen LogP contribution in [0.25, 0.3) is 22.3 Å². The lowest BCUT2D eigenvalue weighted by Crippen LogP contribution is -2.65. The maximum absolute atomic E-state index is 13.1. The van der Waals surface area contributed by atoms with E-state index in [-0.39, 0.29) is 33.8 Å². The molecule has 22 heteroatoms. The van der Waals surface area contributed by atoms with Gasteiger partial charge in [0.15, 0.2) is 30.0 Å². The summed E-state index contributed by atoms with van der Waals surface area (Å²) >= 11 is 0. The molecule has 0 aliphatic carbocycles. The molecule has 3 fully saturated rings. The SMILES string of the molecule is O=C(O)C1O[C@@H](Oc2ccc(-c3cc(=O)c4c(O)cc(O[C@@H]5OC(C(=O)O)[C@@H](O)[C@H](O)C5O[C@@H]5OC(CO)[C@@H](O)[C@H](O)C5O)cc4o3)cc2)C(O)[C@@H](O)[C@@H]1O. The number of hydrogen-bond acceptors (Lipinski definition) is 20. The van der Waals surface area contributed by atoms with Crippen LogP contribution in [0.5, 0.6) is 17.2 Å². The van der Waals surface area contributed by atoms with Crippen LogP contribution in [-0.2, 0) is 28.5 Å². The molecule has 1 aromatic heterocycles. The van der Waals surface area contributed by atoms with Crippen LogP contribution in [0.1, 0.15) is 0 Å². The second kappa shape index (κ2) is 15.9. The van der Waals surface area contributed by atoms with Gasteiger partial charge in [0, 0.05) is 23.8 Å². The van der Waals surface area contributed by atoms with Crippen molar-refractivity contribution >= 4 is 22.9 Å². The molecular formula is C33H36O22. The molecule has 15 atom stereocenters. The van der Waals surface area contributed by atoms with E-state index in [0.29, 0.717) is 0 Å². The van der Waals surface area contributed by atoms with Gasteiger partial charge in [0.05, 0.1) is 6.61 Å². The second-order valence-electron chi connectivity index (χ2n) is 12.8. The zero-order valence-corrected chi connectivity index (χ0v) is 27.9. The number of ether oxygens (including phenoxy) is 6. The molecular weight excluding hydrogens is 748 g/mol. The highest BCUT2D eigenvalue weighted by Crippen LogP contribution is 2.35. The summed E-state index contributed by atoms with van der Waals surface area (Å²) < 4.78 is 38.4. The molecule has 4 heterocycles. The zero-order chi connectivity index (χ0) is 40.0. The summed E-state index contributed by atoms with van der Waals surface area (Å²) in [6.45, 7) is -0.842. The highest BCUT2D eigenvalue weighted by molar-refractivity contribution is 5.86. The first-order chi connectivity index (χ1) is 26.0. The Kier molecular flexibility index (Phi) is 11.6. The molecule has 55 heavy (non-hydrogen) atoms. The number of rotatable bonds is 10. The highest BCUT2D eigenvalue weighted by Gasteiger charge is 2.53. The van der Waals surface area contributed by atoms with Gasteiger partial charge in [-0.15, -0.1) is 0 Å². The van der Waals surface area contributed by atoms with Crippen LogP contribution < -0.4 is 14.9 Å². The van der Waals surface area contributed by atoms with Crippen molar-refractivity contribution in [3.63, 3.8) is 0 Å². The van der Waals surface area contributed by atoms with Gasteiger partial charge in [0.1, 0.15) is 88.9 Å². The van der Waals surface area contributed by atoms with Gasteiger partial charge in [0.25, 0.3) is 0 Å². The molecule has 0 radical (unpaired) electrons. The van der Waals surface area contributed by atoms with Gasteiger partial charge in [0.2, 0.25) is 12.6 Å². The first-order valence-electron chi connectivity index (χ1n) is 16.4. The van der Waals surface area contributed by atoms with E-state index in [2.05, 4.69) is 0 Å².